The van der Waals surface area contributed by atoms with Crippen LogP contribution in [0, 0.1) is 6.92 Å². The molecule has 1 heterocycles. The fourth-order valence-corrected chi connectivity index (χ4v) is 2.74. The van der Waals surface area contributed by atoms with E-state index in [0.29, 0.717) is 12.6 Å². The standard InChI is InChI=1S/C16H25NO2/c1-13-6-8-16(9-7-13)19-12-15(18)11-17-10-4-3-5-14(17)2/h6-9,14-15,18H,3-5,10-12H2,1-2H3/p+1/t14-,15-/m0/s1. The monoisotopic (exact) mass is 264 g/mol. The summed E-state index contributed by atoms with van der Waals surface area (Å²) >= 11 is 0. The van der Waals surface area contributed by atoms with Crippen molar-refractivity contribution in [1.82, 2.24) is 0 Å². The number of likely N-dealkylation sites (tertiary alicyclic amines) is 1. The minimum atomic E-state index is -0.378. The molecule has 1 unspecified atom stereocenters. The minimum Gasteiger partial charge on any atom is -0.491 e. The molecular weight excluding hydrogens is 238 g/mol. The van der Waals surface area contributed by atoms with Gasteiger partial charge in [-0.05, 0) is 45.2 Å². The van der Waals surface area contributed by atoms with Gasteiger partial charge in [0.2, 0.25) is 0 Å². The second-order valence-electron chi connectivity index (χ2n) is 5.79. The lowest BCUT2D eigenvalue weighted by Crippen LogP contribution is -3.17. The summed E-state index contributed by atoms with van der Waals surface area (Å²) in [6.45, 7) is 6.71. The summed E-state index contributed by atoms with van der Waals surface area (Å²) in [6.07, 6.45) is 3.52. The third kappa shape index (κ3) is 4.51. The summed E-state index contributed by atoms with van der Waals surface area (Å²) in [5, 5.41) is 10.1. The van der Waals surface area contributed by atoms with Gasteiger partial charge in [0.25, 0.3) is 0 Å². The second-order valence-corrected chi connectivity index (χ2v) is 5.79. The van der Waals surface area contributed by atoms with Crippen molar-refractivity contribution in [1.29, 1.82) is 0 Å². The van der Waals surface area contributed by atoms with Gasteiger partial charge in [-0.2, -0.15) is 0 Å². The molecule has 106 valence electrons. The average Bonchev–Trinajstić information content (AvgIpc) is 2.41. The quantitative estimate of drug-likeness (QED) is 0.838. The first-order valence-corrected chi connectivity index (χ1v) is 7.37. The van der Waals surface area contributed by atoms with Crippen LogP contribution in [0.25, 0.3) is 0 Å². The molecule has 0 bridgehead atoms. The van der Waals surface area contributed by atoms with Crippen LogP contribution in [0.2, 0.25) is 0 Å². The number of aryl methyl sites for hydroxylation is 1. The Hall–Kier alpha value is -1.06. The van der Waals surface area contributed by atoms with Gasteiger partial charge in [0.05, 0.1) is 12.6 Å². The van der Waals surface area contributed by atoms with E-state index < -0.39 is 0 Å². The normalized spacial score (nSPS) is 25.0. The predicted molar refractivity (Wildman–Crippen MR) is 76.7 cm³/mol. The molecule has 3 heteroatoms. The van der Waals surface area contributed by atoms with Gasteiger partial charge in [-0.15, -0.1) is 0 Å². The molecule has 1 fully saturated rings. The van der Waals surface area contributed by atoms with Crippen molar-refractivity contribution in [2.45, 2.75) is 45.3 Å². The Kier molecular flexibility index (Phi) is 5.23. The van der Waals surface area contributed by atoms with Gasteiger partial charge >= 0.3 is 0 Å². The Morgan fingerprint density at radius 2 is 2.05 bits per heavy atom. The van der Waals surface area contributed by atoms with Crippen LogP contribution < -0.4 is 9.64 Å². The molecule has 0 aromatic heterocycles. The largest absolute Gasteiger partial charge is 0.491 e. The maximum atomic E-state index is 10.1. The van der Waals surface area contributed by atoms with Gasteiger partial charge in [-0.25, -0.2) is 0 Å². The highest BCUT2D eigenvalue weighted by molar-refractivity contribution is 5.26. The van der Waals surface area contributed by atoms with Crippen LogP contribution >= 0.6 is 0 Å². The van der Waals surface area contributed by atoms with Crippen LogP contribution in [-0.2, 0) is 0 Å². The lowest BCUT2D eigenvalue weighted by molar-refractivity contribution is -0.931. The van der Waals surface area contributed by atoms with E-state index in [1.807, 2.05) is 24.3 Å². The van der Waals surface area contributed by atoms with E-state index in [-0.39, 0.29) is 6.10 Å². The number of aliphatic hydroxyl groups excluding tert-OH is 1. The van der Waals surface area contributed by atoms with E-state index in [4.69, 9.17) is 4.74 Å². The summed E-state index contributed by atoms with van der Waals surface area (Å²) < 4.78 is 5.64. The highest BCUT2D eigenvalue weighted by Gasteiger charge is 2.24. The van der Waals surface area contributed by atoms with Crippen molar-refractivity contribution in [3.8, 4) is 5.75 Å². The van der Waals surface area contributed by atoms with Gasteiger partial charge in [-0.3, -0.25) is 0 Å². The smallest absolute Gasteiger partial charge is 0.137 e. The van der Waals surface area contributed by atoms with Crippen LogP contribution in [0.3, 0.4) is 0 Å². The molecule has 1 aromatic carbocycles. The average molecular weight is 264 g/mol. The van der Waals surface area contributed by atoms with Crippen molar-refractivity contribution in [2.75, 3.05) is 19.7 Å². The van der Waals surface area contributed by atoms with Gasteiger partial charge in [0, 0.05) is 0 Å². The van der Waals surface area contributed by atoms with Crippen molar-refractivity contribution in [2.24, 2.45) is 0 Å². The second kappa shape index (κ2) is 6.92. The number of aliphatic hydroxyl groups is 1. The molecule has 0 saturated carbocycles. The summed E-state index contributed by atoms with van der Waals surface area (Å²) in [7, 11) is 0. The van der Waals surface area contributed by atoms with E-state index in [2.05, 4.69) is 13.8 Å². The van der Waals surface area contributed by atoms with Crippen LogP contribution in [0.15, 0.2) is 24.3 Å². The molecule has 2 N–H and O–H groups in total. The molecular formula is C16H26NO2+. The first-order chi connectivity index (χ1) is 9.15. The SMILES string of the molecule is Cc1ccc(OC[C@@H](O)C[NH+]2CCCC[C@@H]2C)cc1. The molecule has 0 radical (unpaired) electrons. The third-order valence-corrected chi connectivity index (χ3v) is 4.04. The summed E-state index contributed by atoms with van der Waals surface area (Å²) in [5.74, 6) is 0.839. The lowest BCUT2D eigenvalue weighted by atomic mass is 10.0. The maximum Gasteiger partial charge on any atom is 0.137 e. The van der Waals surface area contributed by atoms with E-state index in [1.165, 1.54) is 36.3 Å². The van der Waals surface area contributed by atoms with E-state index in [0.717, 1.165) is 12.3 Å². The Bertz CT molecular complexity index is 377. The zero-order valence-corrected chi connectivity index (χ0v) is 12.1. The summed E-state index contributed by atoms with van der Waals surface area (Å²) in [4.78, 5) is 1.52. The predicted octanol–water partition coefficient (Wildman–Crippen LogP) is 1.19. The number of nitrogens with one attached hydrogen (secondary N) is 1. The molecule has 3 nitrogen and oxygen atoms in total. The topological polar surface area (TPSA) is 33.9 Å². The molecule has 1 aliphatic heterocycles. The van der Waals surface area contributed by atoms with Gasteiger partial charge in [0.1, 0.15) is 25.0 Å². The number of rotatable bonds is 5. The molecule has 19 heavy (non-hydrogen) atoms. The Labute approximate surface area is 116 Å². The number of benzene rings is 1. The third-order valence-electron chi connectivity index (χ3n) is 4.04. The Balaban J connectivity index is 1.74. The van der Waals surface area contributed by atoms with E-state index in [9.17, 15) is 5.11 Å². The van der Waals surface area contributed by atoms with E-state index in [1.54, 1.807) is 0 Å². The number of hydrogen-bond donors (Lipinski definition) is 2. The van der Waals surface area contributed by atoms with Gasteiger partial charge in [0.15, 0.2) is 0 Å². The number of quaternary nitrogens is 1. The molecule has 0 amide bonds. The molecule has 1 aromatic rings. The van der Waals surface area contributed by atoms with Crippen LogP contribution in [0.4, 0.5) is 0 Å². The van der Waals surface area contributed by atoms with Gasteiger partial charge in [-0.1, -0.05) is 17.7 Å². The Morgan fingerprint density at radius 3 is 2.74 bits per heavy atom. The lowest BCUT2D eigenvalue weighted by Gasteiger charge is -2.31. The highest BCUT2D eigenvalue weighted by Crippen LogP contribution is 2.11. The van der Waals surface area contributed by atoms with Crippen molar-refractivity contribution < 1.29 is 14.7 Å². The van der Waals surface area contributed by atoms with Crippen molar-refractivity contribution in [3.63, 3.8) is 0 Å². The van der Waals surface area contributed by atoms with E-state index >= 15 is 0 Å². The summed E-state index contributed by atoms with van der Waals surface area (Å²) in [6, 6.07) is 8.64. The number of ether oxygens (including phenoxy) is 1. The Morgan fingerprint density at radius 1 is 1.32 bits per heavy atom. The fourth-order valence-electron chi connectivity index (χ4n) is 2.74. The molecule has 3 atom stereocenters. The number of piperidine rings is 1. The first kappa shape index (κ1) is 14.4. The van der Waals surface area contributed by atoms with Gasteiger partial charge < -0.3 is 14.7 Å². The molecule has 2 rings (SSSR count). The highest BCUT2D eigenvalue weighted by atomic mass is 16.5. The van der Waals surface area contributed by atoms with Crippen LogP contribution in [-0.4, -0.2) is 36.9 Å². The van der Waals surface area contributed by atoms with Crippen LogP contribution in [0.1, 0.15) is 31.7 Å². The fraction of sp³-hybridized carbons (Fsp3) is 0.625. The number of hydrogen-bond acceptors (Lipinski definition) is 2. The zero-order chi connectivity index (χ0) is 13.7. The summed E-state index contributed by atoms with van der Waals surface area (Å²) in [5.41, 5.74) is 1.22. The molecule has 1 saturated heterocycles. The first-order valence-electron chi connectivity index (χ1n) is 7.37. The molecule has 1 aliphatic rings. The molecule has 0 aliphatic carbocycles. The van der Waals surface area contributed by atoms with Crippen molar-refractivity contribution >= 4 is 0 Å². The maximum absolute atomic E-state index is 10.1. The van der Waals surface area contributed by atoms with Crippen molar-refractivity contribution in [3.05, 3.63) is 29.8 Å². The molecule has 0 spiro atoms. The minimum absolute atomic E-state index is 0.378. The zero-order valence-electron chi connectivity index (χ0n) is 12.1. The van der Waals surface area contributed by atoms with Crippen LogP contribution in [0.5, 0.6) is 5.75 Å².